The van der Waals surface area contributed by atoms with Gasteiger partial charge in [0.15, 0.2) is 11.7 Å². The second kappa shape index (κ2) is 12.8. The highest BCUT2D eigenvalue weighted by atomic mass is 32.2. The number of aliphatic hydroxyl groups excluding tert-OH is 2. The number of aliphatic hydroxyl groups is 2. The van der Waals surface area contributed by atoms with E-state index in [1.165, 1.54) is 6.07 Å². The number of oxazole rings is 1. The van der Waals surface area contributed by atoms with Crippen LogP contribution in [0, 0.1) is 66.1 Å². The molecule has 0 aliphatic heterocycles. The third kappa shape index (κ3) is 6.05. The van der Waals surface area contributed by atoms with Crippen LogP contribution in [0.1, 0.15) is 96.9 Å². The topological polar surface area (TPSA) is 142 Å². The lowest BCUT2D eigenvalue weighted by atomic mass is 9.41. The number of carbonyl (C=O) groups excluding carboxylic acids is 1. The van der Waals surface area contributed by atoms with Crippen LogP contribution in [0.25, 0.3) is 11.3 Å². The number of aromatic nitrogens is 1. The molecule has 1 aromatic heterocycles. The minimum Gasteiger partial charge on any atom is -0.441 e. The number of nitrogens with zero attached hydrogens (tertiary/aromatic N) is 1. The number of amides is 2. The van der Waals surface area contributed by atoms with Crippen molar-refractivity contribution in [3.8, 4) is 11.3 Å². The van der Waals surface area contributed by atoms with Crippen molar-refractivity contribution in [3.63, 3.8) is 0 Å². The molecule has 0 bridgehead atoms. The number of hydrogen-bond acceptors (Lipinski definition) is 7. The van der Waals surface area contributed by atoms with Gasteiger partial charge in [0.2, 0.25) is 0 Å². The van der Waals surface area contributed by atoms with Gasteiger partial charge in [-0.1, -0.05) is 34.1 Å². The van der Waals surface area contributed by atoms with E-state index in [1.807, 2.05) is 0 Å². The molecule has 2 amide bonds. The molecule has 2 aromatic rings. The quantitative estimate of drug-likeness (QED) is 0.248. The third-order valence-electron chi connectivity index (χ3n) is 13.6. The van der Waals surface area contributed by atoms with Crippen molar-refractivity contribution < 1.29 is 27.8 Å². The zero-order valence-corrected chi connectivity index (χ0v) is 29.8. The van der Waals surface area contributed by atoms with Gasteiger partial charge in [-0.2, -0.15) is 0 Å². The normalized spacial score (nSPS) is 37.4. The zero-order chi connectivity index (χ0) is 33.9. The fourth-order valence-electron chi connectivity index (χ4n) is 11.4. The average molecular weight is 670 g/mol. The number of aryl methyl sites for hydroxylation is 2. The van der Waals surface area contributed by atoms with Crippen LogP contribution < -0.4 is 10.0 Å². The first-order valence-corrected chi connectivity index (χ1v) is 19.4. The lowest BCUT2D eigenvalue weighted by molar-refractivity contribution is -0.203. The molecule has 47 heavy (non-hydrogen) atoms. The average Bonchev–Trinajstić information content (AvgIpc) is 3.60. The molecule has 1 heterocycles. The van der Waals surface area contributed by atoms with E-state index >= 15 is 0 Å². The number of fused-ring (bicyclic) bond motifs is 5. The molecule has 4 aliphatic carbocycles. The molecule has 260 valence electrons. The molecule has 9 nitrogen and oxygen atoms in total. The van der Waals surface area contributed by atoms with Crippen molar-refractivity contribution in [2.24, 2.45) is 52.3 Å². The summed E-state index contributed by atoms with van der Waals surface area (Å²) < 4.78 is 33.9. The van der Waals surface area contributed by atoms with Crippen LogP contribution >= 0.6 is 0 Å². The Labute approximate surface area is 280 Å². The Bertz CT molecular complexity index is 1580. The summed E-state index contributed by atoms with van der Waals surface area (Å²) in [5.41, 5.74) is 1.54. The summed E-state index contributed by atoms with van der Waals surface area (Å²) in [6.45, 7) is 13.2. The number of sulfonamides is 1. The highest BCUT2D eigenvalue weighted by Crippen LogP contribution is 2.69. The van der Waals surface area contributed by atoms with Gasteiger partial charge in [0.25, 0.3) is 10.0 Å². The molecule has 6 rings (SSSR count). The maximum Gasteiger partial charge on any atom is 0.328 e. The van der Waals surface area contributed by atoms with E-state index in [-0.39, 0.29) is 33.9 Å². The van der Waals surface area contributed by atoms with E-state index in [0.717, 1.165) is 57.8 Å². The maximum atomic E-state index is 13.1. The van der Waals surface area contributed by atoms with E-state index in [4.69, 9.17) is 4.42 Å². The number of nitrogens with one attached hydrogen (secondary N) is 2. The summed E-state index contributed by atoms with van der Waals surface area (Å²) >= 11 is 0. The Balaban J connectivity index is 1.06. The number of hydrogen-bond donors (Lipinski definition) is 4. The molecule has 10 heteroatoms. The summed E-state index contributed by atoms with van der Waals surface area (Å²) in [5.74, 6) is 3.84. The van der Waals surface area contributed by atoms with Crippen LogP contribution in [0.5, 0.6) is 0 Å². The third-order valence-corrected chi connectivity index (χ3v) is 15.1. The van der Waals surface area contributed by atoms with Gasteiger partial charge in [0.05, 0.1) is 23.3 Å². The monoisotopic (exact) mass is 669 g/mol. The molecule has 4 fully saturated rings. The van der Waals surface area contributed by atoms with Gasteiger partial charge >= 0.3 is 6.03 Å². The fourth-order valence-corrected chi connectivity index (χ4v) is 12.5. The van der Waals surface area contributed by atoms with Crippen LogP contribution in [-0.4, -0.2) is 48.4 Å². The molecule has 4 aliphatic rings. The number of benzene rings is 1. The molecule has 0 unspecified atom stereocenters. The highest BCUT2D eigenvalue weighted by Gasteiger charge is 2.64. The number of carbonyl (C=O) groups is 1. The molecule has 0 saturated heterocycles. The van der Waals surface area contributed by atoms with Crippen molar-refractivity contribution in [2.45, 2.75) is 116 Å². The first-order chi connectivity index (χ1) is 22.2. The van der Waals surface area contributed by atoms with Gasteiger partial charge < -0.3 is 19.9 Å². The second-order valence-electron chi connectivity index (χ2n) is 16.0. The van der Waals surface area contributed by atoms with Crippen LogP contribution in [0.15, 0.2) is 33.7 Å². The molecule has 0 spiro atoms. The van der Waals surface area contributed by atoms with Gasteiger partial charge in [0, 0.05) is 19.0 Å². The Morgan fingerprint density at radius 3 is 2.47 bits per heavy atom. The zero-order valence-electron chi connectivity index (χ0n) is 29.0. The summed E-state index contributed by atoms with van der Waals surface area (Å²) in [6, 6.07) is 4.12. The first kappa shape index (κ1) is 34.4. The molecular formula is C37H55N3O6S. The minimum absolute atomic E-state index is 0.0429. The largest absolute Gasteiger partial charge is 0.441 e. The lowest BCUT2D eigenvalue weighted by Gasteiger charge is -2.64. The van der Waals surface area contributed by atoms with E-state index < -0.39 is 16.1 Å². The van der Waals surface area contributed by atoms with E-state index in [1.54, 1.807) is 32.2 Å². The van der Waals surface area contributed by atoms with Crippen LogP contribution in [0.4, 0.5) is 4.79 Å². The Morgan fingerprint density at radius 2 is 1.79 bits per heavy atom. The summed E-state index contributed by atoms with van der Waals surface area (Å²) in [6.07, 6.45) is 10.1. The van der Waals surface area contributed by atoms with Crippen molar-refractivity contribution in [1.82, 2.24) is 15.0 Å². The summed E-state index contributed by atoms with van der Waals surface area (Å²) in [4.78, 5) is 16.9. The highest BCUT2D eigenvalue weighted by molar-refractivity contribution is 7.90. The fraction of sp³-hybridized carbons (Fsp3) is 0.730. The Hall–Kier alpha value is -2.43. The molecule has 1 aromatic carbocycles. The predicted octanol–water partition coefficient (Wildman–Crippen LogP) is 6.60. The van der Waals surface area contributed by atoms with Crippen LogP contribution in [-0.2, 0) is 10.0 Å². The molecular weight excluding hydrogens is 614 g/mol. The lowest BCUT2D eigenvalue weighted by Crippen LogP contribution is -2.62. The van der Waals surface area contributed by atoms with Gasteiger partial charge in [-0.3, -0.25) is 0 Å². The summed E-state index contributed by atoms with van der Waals surface area (Å²) in [7, 11) is -4.06. The number of rotatable bonds is 8. The van der Waals surface area contributed by atoms with Crippen molar-refractivity contribution in [3.05, 3.63) is 35.9 Å². The molecule has 0 radical (unpaired) electrons. The SMILES string of the molecule is CC[C@H]1[C@@H](O)[C@@H]2[C@H](CC[C@]3(C)[C@@H]([C@H](C)CCNC(=O)NS(=O)(=O)c4ccc(-c5cnc(C)o5)cc4C)CC[C@@H]23)[C@@]2(C)CC[C@@H](O)C[C@@H]12. The predicted molar refractivity (Wildman–Crippen MR) is 181 cm³/mol. The van der Waals surface area contributed by atoms with E-state index in [0.29, 0.717) is 64.8 Å². The van der Waals surface area contributed by atoms with Gasteiger partial charge in [-0.15, -0.1) is 0 Å². The van der Waals surface area contributed by atoms with Gasteiger partial charge in [-0.25, -0.2) is 22.9 Å². The molecule has 4 saturated carbocycles. The van der Waals surface area contributed by atoms with Crippen molar-refractivity contribution >= 4 is 16.1 Å². The standard InChI is InChI=1S/C37H55N3O6S/c1-7-26-30-19-25(41)12-15-37(30,6)29-13-16-36(5)27(9-10-28(36)33(29)34(26)42)21(2)14-17-38-35(43)40-47(44,45)32-11-8-24(18-22(32)3)31-20-39-23(4)46-31/h8,11,18,20-21,25-30,33-34,41-42H,7,9-10,12-17,19H2,1-6H3,(H2,38,40,43)/t21-,25-,26-,27-,28+,29+,30+,33+,34-,36-,37-/m1/s1. The molecule has 11 atom stereocenters. The van der Waals surface area contributed by atoms with Crippen molar-refractivity contribution in [2.75, 3.05) is 6.54 Å². The van der Waals surface area contributed by atoms with Crippen molar-refractivity contribution in [1.29, 1.82) is 0 Å². The maximum absolute atomic E-state index is 13.1. The van der Waals surface area contributed by atoms with Crippen LogP contribution in [0.3, 0.4) is 0 Å². The van der Waals surface area contributed by atoms with E-state index in [2.05, 4.69) is 42.7 Å². The Morgan fingerprint density at radius 1 is 1.06 bits per heavy atom. The number of urea groups is 1. The first-order valence-electron chi connectivity index (χ1n) is 17.9. The smallest absolute Gasteiger partial charge is 0.328 e. The minimum atomic E-state index is -4.06. The van der Waals surface area contributed by atoms with Crippen LogP contribution in [0.2, 0.25) is 0 Å². The molecule has 4 N–H and O–H groups in total. The Kier molecular flexibility index (Phi) is 9.37. The van der Waals surface area contributed by atoms with E-state index in [9.17, 15) is 23.4 Å². The summed E-state index contributed by atoms with van der Waals surface area (Å²) in [5, 5.41) is 25.3. The van der Waals surface area contributed by atoms with Gasteiger partial charge in [0.1, 0.15) is 0 Å². The second-order valence-corrected chi connectivity index (χ2v) is 17.6. The van der Waals surface area contributed by atoms with Gasteiger partial charge in [-0.05, 0) is 134 Å².